The van der Waals surface area contributed by atoms with Gasteiger partial charge in [-0.2, -0.15) is 0 Å². The lowest BCUT2D eigenvalue weighted by molar-refractivity contribution is -0.119. The van der Waals surface area contributed by atoms with E-state index < -0.39 is 17.2 Å². The summed E-state index contributed by atoms with van der Waals surface area (Å²) in [5.74, 6) is 0.269. The van der Waals surface area contributed by atoms with Crippen LogP contribution < -0.4 is 26.0 Å². The molecule has 43 heavy (non-hydrogen) atoms. The van der Waals surface area contributed by atoms with Crippen LogP contribution in [0.25, 0.3) is 16.6 Å². The Labute approximate surface area is 252 Å². The number of anilines is 1. The molecule has 0 saturated carbocycles. The van der Waals surface area contributed by atoms with E-state index in [9.17, 15) is 19.2 Å². The van der Waals surface area contributed by atoms with Crippen molar-refractivity contribution in [2.24, 2.45) is 0 Å². The molecule has 1 N–H and O–H groups in total. The minimum Gasteiger partial charge on any atom is -0.495 e. The van der Waals surface area contributed by atoms with E-state index in [0.29, 0.717) is 34.8 Å². The Kier molecular flexibility index (Phi) is 9.27. The van der Waals surface area contributed by atoms with Crippen LogP contribution in [-0.4, -0.2) is 47.8 Å². The number of hydrogen-bond donors (Lipinski definition) is 1. The number of carbonyl (C=O) groups excluding carboxylic acids is 2. The van der Waals surface area contributed by atoms with Crippen LogP contribution in [0.4, 0.5) is 5.69 Å². The van der Waals surface area contributed by atoms with Gasteiger partial charge in [-0.05, 0) is 55.2 Å². The summed E-state index contributed by atoms with van der Waals surface area (Å²) in [5, 5.41) is 3.27. The summed E-state index contributed by atoms with van der Waals surface area (Å²) in [6.07, 6.45) is 3.60. The monoisotopic (exact) mass is 605 g/mol. The van der Waals surface area contributed by atoms with E-state index in [2.05, 4.69) is 5.32 Å². The molecule has 224 valence electrons. The number of carbonyl (C=O) groups is 2. The quantitative estimate of drug-likeness (QED) is 0.267. The number of amides is 1. The number of nitrogens with zero attached hydrogens (tertiary/aromatic N) is 2. The number of para-hydroxylation sites is 1. The Morgan fingerprint density at radius 2 is 1.77 bits per heavy atom. The highest BCUT2D eigenvalue weighted by atomic mass is 35.5. The van der Waals surface area contributed by atoms with Gasteiger partial charge in [0.05, 0.1) is 47.6 Å². The zero-order valence-corrected chi connectivity index (χ0v) is 24.7. The van der Waals surface area contributed by atoms with Crippen LogP contribution in [0.5, 0.6) is 11.5 Å². The predicted molar refractivity (Wildman–Crippen MR) is 164 cm³/mol. The van der Waals surface area contributed by atoms with Gasteiger partial charge in [-0.1, -0.05) is 35.9 Å². The molecule has 0 radical (unpaired) electrons. The van der Waals surface area contributed by atoms with Crippen LogP contribution in [0.3, 0.4) is 0 Å². The van der Waals surface area contributed by atoms with Gasteiger partial charge in [0.1, 0.15) is 23.8 Å². The maximum Gasteiger partial charge on any atom is 0.336 e. The highest BCUT2D eigenvalue weighted by Gasteiger charge is 2.19. The minimum atomic E-state index is -0.682. The van der Waals surface area contributed by atoms with Crippen LogP contribution >= 0.6 is 11.6 Å². The number of benzene rings is 3. The smallest absolute Gasteiger partial charge is 0.336 e. The average Bonchev–Trinajstić information content (AvgIpc) is 3.53. The highest BCUT2D eigenvalue weighted by molar-refractivity contribution is 6.32. The van der Waals surface area contributed by atoms with Crippen molar-refractivity contribution in [3.05, 3.63) is 92.1 Å². The Bertz CT molecular complexity index is 1770. The number of fused-ring (bicyclic) bond motifs is 1. The third kappa shape index (κ3) is 6.65. The van der Waals surface area contributed by atoms with Crippen LogP contribution in [0.15, 0.2) is 70.3 Å². The molecule has 0 aliphatic carbocycles. The SMILES string of the molecule is COc1cc(OC)c(NC(=O)Cn2c(=O)n(-c3ccc(CC(=O)CCC4CCCO4)cc3)c(=O)c3ccccc32)cc1Cl. The molecule has 1 saturated heterocycles. The maximum absolute atomic E-state index is 13.7. The molecular formula is C32H32ClN3O7. The minimum absolute atomic E-state index is 0.106. The number of methoxy groups -OCH3 is 2. The number of nitrogens with one attached hydrogen (secondary N) is 1. The normalized spacial score (nSPS) is 14.5. The Balaban J connectivity index is 1.41. The number of aromatic nitrogens is 2. The summed E-state index contributed by atoms with van der Waals surface area (Å²) >= 11 is 6.24. The van der Waals surface area contributed by atoms with Gasteiger partial charge in [0, 0.05) is 25.5 Å². The summed E-state index contributed by atoms with van der Waals surface area (Å²) < 4.78 is 18.4. The van der Waals surface area contributed by atoms with Gasteiger partial charge in [-0.25, -0.2) is 9.36 Å². The topological polar surface area (TPSA) is 118 Å². The lowest BCUT2D eigenvalue weighted by Crippen LogP contribution is -2.40. The number of ether oxygens (including phenoxy) is 3. The summed E-state index contributed by atoms with van der Waals surface area (Å²) in [7, 11) is 2.91. The summed E-state index contributed by atoms with van der Waals surface area (Å²) in [5.41, 5.74) is 0.526. The van der Waals surface area contributed by atoms with E-state index in [-0.39, 0.29) is 35.3 Å². The second-order valence-corrected chi connectivity index (χ2v) is 10.7. The van der Waals surface area contributed by atoms with E-state index in [1.165, 1.54) is 24.9 Å². The average molecular weight is 606 g/mol. The summed E-state index contributed by atoms with van der Waals surface area (Å²) in [4.78, 5) is 52.9. The molecular weight excluding hydrogens is 574 g/mol. The number of ketones is 1. The molecule has 1 atom stereocenters. The van der Waals surface area contributed by atoms with Gasteiger partial charge >= 0.3 is 5.69 Å². The Morgan fingerprint density at radius 3 is 2.47 bits per heavy atom. The van der Waals surface area contributed by atoms with E-state index >= 15 is 0 Å². The van der Waals surface area contributed by atoms with Crippen molar-refractivity contribution >= 4 is 39.9 Å². The first-order valence-electron chi connectivity index (χ1n) is 14.0. The Hall–Kier alpha value is -4.41. The molecule has 0 bridgehead atoms. The van der Waals surface area contributed by atoms with Crippen molar-refractivity contribution in [2.75, 3.05) is 26.1 Å². The van der Waals surface area contributed by atoms with Gasteiger partial charge in [-0.3, -0.25) is 19.0 Å². The third-order valence-corrected chi connectivity index (χ3v) is 7.76. The van der Waals surface area contributed by atoms with Crippen molar-refractivity contribution in [2.45, 2.75) is 44.8 Å². The predicted octanol–water partition coefficient (Wildman–Crippen LogP) is 4.53. The lowest BCUT2D eigenvalue weighted by atomic mass is 10.0. The van der Waals surface area contributed by atoms with E-state index in [1.54, 1.807) is 54.6 Å². The first-order chi connectivity index (χ1) is 20.8. The van der Waals surface area contributed by atoms with Crippen LogP contribution in [0.1, 0.15) is 31.2 Å². The zero-order chi connectivity index (χ0) is 30.5. The molecule has 1 aromatic heterocycles. The molecule has 10 nitrogen and oxygen atoms in total. The molecule has 1 aliphatic rings. The van der Waals surface area contributed by atoms with Crippen molar-refractivity contribution in [1.29, 1.82) is 0 Å². The van der Waals surface area contributed by atoms with Crippen molar-refractivity contribution in [1.82, 2.24) is 9.13 Å². The molecule has 2 heterocycles. The van der Waals surface area contributed by atoms with Gasteiger partial charge in [0.2, 0.25) is 5.91 Å². The molecule has 1 aliphatic heterocycles. The molecule has 0 spiro atoms. The van der Waals surface area contributed by atoms with Gasteiger partial charge in [0.25, 0.3) is 5.56 Å². The third-order valence-electron chi connectivity index (χ3n) is 7.47. The molecule has 3 aromatic carbocycles. The standard InChI is InChI=1S/C32H32ClN3O7/c1-41-28-18-29(42-2)26(17-25(28)33)34-30(38)19-35-27-8-4-3-7-24(27)31(39)36(32(35)40)21-11-9-20(10-12-21)16-22(37)13-14-23-6-5-15-43-23/h3-4,7-12,17-18,23H,5-6,13-16,19H2,1-2H3,(H,34,38). The van der Waals surface area contributed by atoms with E-state index in [0.717, 1.165) is 36.0 Å². The largest absolute Gasteiger partial charge is 0.495 e. The van der Waals surface area contributed by atoms with E-state index in [1.807, 2.05) is 0 Å². The highest BCUT2D eigenvalue weighted by Crippen LogP contribution is 2.35. The van der Waals surface area contributed by atoms with Gasteiger partial charge in [0.15, 0.2) is 0 Å². The first kappa shape index (κ1) is 30.1. The molecule has 1 amide bonds. The molecule has 5 rings (SSSR count). The number of rotatable bonds is 11. The van der Waals surface area contributed by atoms with Crippen LogP contribution in [0, 0.1) is 0 Å². The first-order valence-corrected chi connectivity index (χ1v) is 14.4. The van der Waals surface area contributed by atoms with Gasteiger partial charge < -0.3 is 19.5 Å². The second-order valence-electron chi connectivity index (χ2n) is 10.3. The molecule has 4 aromatic rings. The zero-order valence-electron chi connectivity index (χ0n) is 23.9. The lowest BCUT2D eigenvalue weighted by Gasteiger charge is -2.16. The van der Waals surface area contributed by atoms with Crippen molar-refractivity contribution in [3.63, 3.8) is 0 Å². The molecule has 1 unspecified atom stereocenters. The fourth-order valence-electron chi connectivity index (χ4n) is 5.27. The van der Waals surface area contributed by atoms with E-state index in [4.69, 9.17) is 25.8 Å². The Morgan fingerprint density at radius 1 is 1.02 bits per heavy atom. The van der Waals surface area contributed by atoms with Crippen LogP contribution in [-0.2, 0) is 27.3 Å². The fourth-order valence-corrected chi connectivity index (χ4v) is 5.51. The molecule has 1 fully saturated rings. The van der Waals surface area contributed by atoms with Gasteiger partial charge in [-0.15, -0.1) is 0 Å². The summed E-state index contributed by atoms with van der Waals surface area (Å²) in [6.45, 7) is 0.372. The maximum atomic E-state index is 13.7. The second kappa shape index (κ2) is 13.3. The fraction of sp³-hybridized carbons (Fsp3) is 0.312. The molecule has 11 heteroatoms. The number of hydrogen-bond acceptors (Lipinski definition) is 7. The van der Waals surface area contributed by atoms with Crippen molar-refractivity contribution < 1.29 is 23.8 Å². The number of Topliss-reactive ketones (excluding diaryl/α,β-unsaturated/α-hetero) is 1. The van der Waals surface area contributed by atoms with Crippen LogP contribution in [0.2, 0.25) is 5.02 Å². The number of halogens is 1. The van der Waals surface area contributed by atoms with Crippen molar-refractivity contribution in [3.8, 4) is 17.2 Å². The summed E-state index contributed by atoms with van der Waals surface area (Å²) in [6, 6.07) is 16.4.